The Morgan fingerprint density at radius 2 is 1.76 bits per heavy atom. The standard InChI is InChI=1S/C16H28O/c1-16(17,15-5-3-2-4-6-15)11-14-10-12-7-8-13(14)9-12/h12-15,17H,2-11H2,1H3. The molecule has 3 saturated carbocycles. The third-order valence-corrected chi connectivity index (χ3v) is 6.04. The minimum Gasteiger partial charge on any atom is -0.390 e. The summed E-state index contributed by atoms with van der Waals surface area (Å²) >= 11 is 0. The van der Waals surface area contributed by atoms with Gasteiger partial charge < -0.3 is 5.11 Å². The Balaban J connectivity index is 1.59. The van der Waals surface area contributed by atoms with Gasteiger partial charge in [0.15, 0.2) is 0 Å². The molecule has 0 spiro atoms. The zero-order chi connectivity index (χ0) is 11.9. The second-order valence-electron chi connectivity index (χ2n) is 7.33. The minimum atomic E-state index is -0.366. The van der Waals surface area contributed by atoms with Crippen LogP contribution in [-0.2, 0) is 0 Å². The highest BCUT2D eigenvalue weighted by molar-refractivity contribution is 4.95. The van der Waals surface area contributed by atoms with Crippen LogP contribution in [0.5, 0.6) is 0 Å². The maximum Gasteiger partial charge on any atom is 0.0650 e. The van der Waals surface area contributed by atoms with Crippen molar-refractivity contribution in [3.8, 4) is 0 Å². The highest BCUT2D eigenvalue weighted by atomic mass is 16.3. The van der Waals surface area contributed by atoms with Crippen molar-refractivity contribution in [3.05, 3.63) is 0 Å². The lowest BCUT2D eigenvalue weighted by Crippen LogP contribution is -2.38. The van der Waals surface area contributed by atoms with Crippen molar-refractivity contribution in [2.24, 2.45) is 23.7 Å². The maximum absolute atomic E-state index is 10.8. The van der Waals surface area contributed by atoms with Crippen molar-refractivity contribution < 1.29 is 5.11 Å². The first-order valence-corrected chi connectivity index (χ1v) is 7.87. The highest BCUT2D eigenvalue weighted by Crippen LogP contribution is 2.52. The van der Waals surface area contributed by atoms with Crippen molar-refractivity contribution in [1.29, 1.82) is 0 Å². The van der Waals surface area contributed by atoms with E-state index in [0.29, 0.717) is 5.92 Å². The normalized spacial score (nSPS) is 41.6. The molecule has 17 heavy (non-hydrogen) atoms. The van der Waals surface area contributed by atoms with E-state index >= 15 is 0 Å². The Bertz CT molecular complexity index is 265. The second-order valence-corrected chi connectivity index (χ2v) is 7.33. The molecule has 0 radical (unpaired) electrons. The molecule has 0 aromatic carbocycles. The molecule has 1 heteroatoms. The molecule has 3 rings (SSSR count). The molecule has 0 heterocycles. The predicted molar refractivity (Wildman–Crippen MR) is 70.8 cm³/mol. The number of rotatable bonds is 3. The molecular weight excluding hydrogens is 208 g/mol. The quantitative estimate of drug-likeness (QED) is 0.780. The van der Waals surface area contributed by atoms with Gasteiger partial charge >= 0.3 is 0 Å². The fourth-order valence-corrected chi connectivity index (χ4v) is 5.05. The van der Waals surface area contributed by atoms with Crippen LogP contribution in [0, 0.1) is 23.7 Å². The van der Waals surface area contributed by atoms with Crippen LogP contribution in [-0.4, -0.2) is 10.7 Å². The van der Waals surface area contributed by atoms with E-state index in [1.54, 1.807) is 0 Å². The summed E-state index contributed by atoms with van der Waals surface area (Å²) in [5.74, 6) is 3.43. The Hall–Kier alpha value is -0.0400. The van der Waals surface area contributed by atoms with E-state index in [2.05, 4.69) is 6.92 Å². The van der Waals surface area contributed by atoms with Crippen LogP contribution in [0.1, 0.15) is 71.1 Å². The summed E-state index contributed by atoms with van der Waals surface area (Å²) in [6, 6.07) is 0. The third kappa shape index (κ3) is 2.41. The molecule has 0 aliphatic heterocycles. The van der Waals surface area contributed by atoms with Gasteiger partial charge in [-0.25, -0.2) is 0 Å². The lowest BCUT2D eigenvalue weighted by Gasteiger charge is -2.39. The fourth-order valence-electron chi connectivity index (χ4n) is 5.05. The zero-order valence-electron chi connectivity index (χ0n) is 11.3. The van der Waals surface area contributed by atoms with Crippen LogP contribution in [0.4, 0.5) is 0 Å². The second kappa shape index (κ2) is 4.57. The van der Waals surface area contributed by atoms with Crippen LogP contribution in [0.2, 0.25) is 0 Å². The molecular formula is C16H28O. The average molecular weight is 236 g/mol. The van der Waals surface area contributed by atoms with Crippen molar-refractivity contribution in [2.45, 2.75) is 76.7 Å². The van der Waals surface area contributed by atoms with Gasteiger partial charge in [0.05, 0.1) is 5.60 Å². The van der Waals surface area contributed by atoms with Gasteiger partial charge in [0.1, 0.15) is 0 Å². The molecule has 1 N–H and O–H groups in total. The summed E-state index contributed by atoms with van der Waals surface area (Å²) in [4.78, 5) is 0. The number of aliphatic hydroxyl groups is 1. The molecule has 0 aromatic heterocycles. The number of fused-ring (bicyclic) bond motifs is 2. The van der Waals surface area contributed by atoms with Crippen LogP contribution in [0.3, 0.4) is 0 Å². The first kappa shape index (κ1) is 12.0. The van der Waals surface area contributed by atoms with E-state index in [4.69, 9.17) is 0 Å². The van der Waals surface area contributed by atoms with E-state index < -0.39 is 0 Å². The lowest BCUT2D eigenvalue weighted by molar-refractivity contribution is -0.0416. The first-order chi connectivity index (χ1) is 8.15. The molecule has 0 aromatic rings. The average Bonchev–Trinajstić information content (AvgIpc) is 2.91. The predicted octanol–water partition coefficient (Wildman–Crippen LogP) is 4.14. The summed E-state index contributed by atoms with van der Waals surface area (Å²) in [5.41, 5.74) is -0.366. The van der Waals surface area contributed by atoms with Crippen LogP contribution >= 0.6 is 0 Å². The van der Waals surface area contributed by atoms with E-state index in [1.807, 2.05) is 0 Å². The van der Waals surface area contributed by atoms with Crippen molar-refractivity contribution in [3.63, 3.8) is 0 Å². The molecule has 3 fully saturated rings. The lowest BCUT2D eigenvalue weighted by atomic mass is 9.71. The molecule has 3 aliphatic rings. The zero-order valence-corrected chi connectivity index (χ0v) is 11.3. The van der Waals surface area contributed by atoms with E-state index in [0.717, 1.165) is 24.2 Å². The highest BCUT2D eigenvalue weighted by Gasteiger charge is 2.44. The monoisotopic (exact) mass is 236 g/mol. The molecule has 0 amide bonds. The van der Waals surface area contributed by atoms with Gasteiger partial charge in [-0.05, 0) is 69.1 Å². The topological polar surface area (TPSA) is 20.2 Å². The third-order valence-electron chi connectivity index (χ3n) is 6.04. The van der Waals surface area contributed by atoms with E-state index in [9.17, 15) is 5.11 Å². The van der Waals surface area contributed by atoms with Crippen LogP contribution in [0.25, 0.3) is 0 Å². The molecule has 2 bridgehead atoms. The maximum atomic E-state index is 10.8. The minimum absolute atomic E-state index is 0.366. The number of hydrogen-bond acceptors (Lipinski definition) is 1. The molecule has 0 saturated heterocycles. The summed E-state index contributed by atoms with van der Waals surface area (Å²) in [6.45, 7) is 2.13. The smallest absolute Gasteiger partial charge is 0.0650 e. The van der Waals surface area contributed by atoms with Gasteiger partial charge in [-0.1, -0.05) is 25.7 Å². The van der Waals surface area contributed by atoms with Crippen molar-refractivity contribution in [2.75, 3.05) is 0 Å². The van der Waals surface area contributed by atoms with E-state index in [1.165, 1.54) is 57.8 Å². The summed E-state index contributed by atoms with van der Waals surface area (Å²) in [6.07, 6.45) is 13.6. The van der Waals surface area contributed by atoms with E-state index in [-0.39, 0.29) is 5.60 Å². The summed E-state index contributed by atoms with van der Waals surface area (Å²) in [7, 11) is 0. The van der Waals surface area contributed by atoms with Crippen molar-refractivity contribution in [1.82, 2.24) is 0 Å². The Morgan fingerprint density at radius 1 is 1.00 bits per heavy atom. The van der Waals surface area contributed by atoms with Gasteiger partial charge in [0.25, 0.3) is 0 Å². The fraction of sp³-hybridized carbons (Fsp3) is 1.00. The van der Waals surface area contributed by atoms with Crippen LogP contribution in [0.15, 0.2) is 0 Å². The molecule has 1 nitrogen and oxygen atoms in total. The van der Waals surface area contributed by atoms with Gasteiger partial charge in [0, 0.05) is 0 Å². The Kier molecular flexibility index (Phi) is 3.23. The molecule has 4 unspecified atom stereocenters. The van der Waals surface area contributed by atoms with Gasteiger partial charge in [-0.2, -0.15) is 0 Å². The summed E-state index contributed by atoms with van der Waals surface area (Å²) in [5, 5.41) is 10.8. The van der Waals surface area contributed by atoms with Crippen molar-refractivity contribution >= 4 is 0 Å². The van der Waals surface area contributed by atoms with Gasteiger partial charge in [0.2, 0.25) is 0 Å². The number of hydrogen-bond donors (Lipinski definition) is 1. The molecule has 3 aliphatic carbocycles. The SMILES string of the molecule is CC(O)(CC1CC2CCC1C2)C1CCCCC1. The van der Waals surface area contributed by atoms with Crippen LogP contribution < -0.4 is 0 Å². The van der Waals surface area contributed by atoms with Gasteiger partial charge in [-0.3, -0.25) is 0 Å². The Morgan fingerprint density at radius 3 is 2.35 bits per heavy atom. The van der Waals surface area contributed by atoms with Gasteiger partial charge in [-0.15, -0.1) is 0 Å². The first-order valence-electron chi connectivity index (χ1n) is 7.87. The molecule has 98 valence electrons. The Labute approximate surface area is 106 Å². The molecule has 4 atom stereocenters. The summed E-state index contributed by atoms with van der Waals surface area (Å²) < 4.78 is 0. The largest absolute Gasteiger partial charge is 0.390 e.